The van der Waals surface area contributed by atoms with Crippen molar-refractivity contribution in [1.29, 1.82) is 0 Å². The van der Waals surface area contributed by atoms with Gasteiger partial charge >= 0.3 is 0 Å². The van der Waals surface area contributed by atoms with Crippen molar-refractivity contribution in [2.45, 2.75) is 103 Å². The summed E-state index contributed by atoms with van der Waals surface area (Å²) in [6.45, 7) is 13.2. The highest BCUT2D eigenvalue weighted by atomic mass is 28.3. The molecule has 0 aromatic carbocycles. The van der Waals surface area contributed by atoms with E-state index in [4.69, 9.17) is 0 Å². The fourth-order valence-electron chi connectivity index (χ4n) is 10.1. The number of hydrogen-bond donors (Lipinski definition) is 0. The van der Waals surface area contributed by atoms with E-state index >= 15 is 0 Å². The first-order valence-electron chi connectivity index (χ1n) is 12.8. The number of rotatable bonds is 2. The molecule has 0 radical (unpaired) electrons. The topological polar surface area (TPSA) is 0 Å². The van der Waals surface area contributed by atoms with Crippen LogP contribution in [0.1, 0.15) is 78.6 Å². The summed E-state index contributed by atoms with van der Waals surface area (Å²) in [6, 6.07) is 0. The standard InChI is InChI=1S/C27H44Si/c1-17-14-18(2)24-16-19(3)26(25(24)15-17)28(4,5)27-22-12-8-6-10-20(22)21-11-7-9-13-23(21)27/h14-15,19-27H,6-13,16H2,1-5H3/t19?,20-,21?,22?,23?,24?,25?,26?,27?/m1/s1. The van der Waals surface area contributed by atoms with E-state index < -0.39 is 8.07 Å². The maximum Gasteiger partial charge on any atom is 0.0550 e. The molecule has 5 rings (SSSR count). The van der Waals surface area contributed by atoms with Crippen LogP contribution in [0.5, 0.6) is 0 Å². The van der Waals surface area contributed by atoms with Crippen molar-refractivity contribution >= 4 is 8.07 Å². The lowest BCUT2D eigenvalue weighted by molar-refractivity contribution is 0.184. The summed E-state index contributed by atoms with van der Waals surface area (Å²) < 4.78 is 0. The zero-order valence-electron chi connectivity index (χ0n) is 19.2. The smallest absolute Gasteiger partial charge is 0.0550 e. The Morgan fingerprint density at radius 1 is 0.786 bits per heavy atom. The summed E-state index contributed by atoms with van der Waals surface area (Å²) in [5.74, 6) is 7.13. The van der Waals surface area contributed by atoms with Gasteiger partial charge in [-0.25, -0.2) is 0 Å². The van der Waals surface area contributed by atoms with Crippen LogP contribution in [0.3, 0.4) is 0 Å². The van der Waals surface area contributed by atoms with Gasteiger partial charge in [0.2, 0.25) is 0 Å². The Labute approximate surface area is 175 Å². The molecule has 9 atom stereocenters. The van der Waals surface area contributed by atoms with Crippen LogP contribution in [0.25, 0.3) is 0 Å². The molecule has 0 N–H and O–H groups in total. The Morgan fingerprint density at radius 2 is 1.32 bits per heavy atom. The first-order chi connectivity index (χ1) is 13.4. The van der Waals surface area contributed by atoms with Crippen LogP contribution < -0.4 is 0 Å². The third kappa shape index (κ3) is 2.89. The normalized spacial score (nSPS) is 48.4. The highest BCUT2D eigenvalue weighted by Crippen LogP contribution is 2.67. The SMILES string of the molecule is CC1=CC2C(CC(C)C2[Si](C)(C)C2C3CCCCC3[C@H]3CCCCC23)C(C)=C1. The van der Waals surface area contributed by atoms with E-state index in [0.717, 1.165) is 52.5 Å². The van der Waals surface area contributed by atoms with Crippen LogP contribution in [0.4, 0.5) is 0 Å². The molecule has 8 unspecified atom stereocenters. The minimum Gasteiger partial charge on any atom is -0.0779 e. The van der Waals surface area contributed by atoms with Gasteiger partial charge in [-0.15, -0.1) is 0 Å². The molecule has 0 nitrogen and oxygen atoms in total. The Morgan fingerprint density at radius 3 is 1.89 bits per heavy atom. The van der Waals surface area contributed by atoms with Gasteiger partial charge < -0.3 is 0 Å². The number of fused-ring (bicyclic) bond motifs is 4. The average molecular weight is 397 g/mol. The molecular weight excluding hydrogens is 352 g/mol. The summed E-state index contributed by atoms with van der Waals surface area (Å²) in [7, 11) is -1.36. The van der Waals surface area contributed by atoms with Crippen molar-refractivity contribution in [3.8, 4) is 0 Å². The van der Waals surface area contributed by atoms with Crippen molar-refractivity contribution in [1.82, 2.24) is 0 Å². The van der Waals surface area contributed by atoms with Gasteiger partial charge in [0.25, 0.3) is 0 Å². The lowest BCUT2D eigenvalue weighted by Crippen LogP contribution is -2.46. The second kappa shape index (κ2) is 7.14. The molecule has 28 heavy (non-hydrogen) atoms. The molecule has 5 aliphatic carbocycles. The first-order valence-corrected chi connectivity index (χ1v) is 15.9. The second-order valence-electron chi connectivity index (χ2n) is 12.3. The van der Waals surface area contributed by atoms with Gasteiger partial charge in [-0.1, -0.05) is 81.8 Å². The van der Waals surface area contributed by atoms with Crippen LogP contribution in [0.2, 0.25) is 24.2 Å². The van der Waals surface area contributed by atoms with Gasteiger partial charge in [-0.2, -0.15) is 0 Å². The predicted molar refractivity (Wildman–Crippen MR) is 124 cm³/mol. The molecule has 156 valence electrons. The fourth-order valence-corrected chi connectivity index (χ4v) is 16.5. The van der Waals surface area contributed by atoms with Crippen molar-refractivity contribution in [2.24, 2.45) is 41.4 Å². The molecule has 0 heterocycles. The zero-order valence-corrected chi connectivity index (χ0v) is 20.2. The van der Waals surface area contributed by atoms with E-state index in [1.54, 1.807) is 36.8 Å². The molecule has 0 saturated heterocycles. The molecule has 0 bridgehead atoms. The van der Waals surface area contributed by atoms with E-state index in [9.17, 15) is 0 Å². The lowest BCUT2D eigenvalue weighted by Gasteiger charge is -2.47. The van der Waals surface area contributed by atoms with Crippen LogP contribution in [0.15, 0.2) is 23.3 Å². The average Bonchev–Trinajstić information content (AvgIpc) is 3.17. The summed E-state index contributed by atoms with van der Waals surface area (Å²) in [4.78, 5) is 0. The monoisotopic (exact) mass is 396 g/mol. The van der Waals surface area contributed by atoms with Crippen LogP contribution in [-0.2, 0) is 0 Å². The van der Waals surface area contributed by atoms with E-state index in [0.29, 0.717) is 0 Å². The zero-order chi connectivity index (χ0) is 19.6. The quantitative estimate of drug-likeness (QED) is 0.412. The van der Waals surface area contributed by atoms with E-state index in [1.807, 2.05) is 0 Å². The van der Waals surface area contributed by atoms with Crippen LogP contribution in [-0.4, -0.2) is 8.07 Å². The van der Waals surface area contributed by atoms with Gasteiger partial charge in [0.15, 0.2) is 0 Å². The van der Waals surface area contributed by atoms with Crippen molar-refractivity contribution < 1.29 is 0 Å². The first kappa shape index (κ1) is 19.6. The molecule has 1 heteroatoms. The Bertz CT molecular complexity index is 648. The predicted octanol–water partition coefficient (Wildman–Crippen LogP) is 8.24. The molecular formula is C27H44Si. The summed E-state index contributed by atoms with van der Waals surface area (Å²) in [5, 5.41) is 0. The largest absolute Gasteiger partial charge is 0.0779 e. The van der Waals surface area contributed by atoms with Crippen molar-refractivity contribution in [2.75, 3.05) is 0 Å². The van der Waals surface area contributed by atoms with Gasteiger partial charge in [0, 0.05) is 0 Å². The maximum absolute atomic E-state index is 2.88. The number of allylic oxidation sites excluding steroid dienone is 4. The summed E-state index contributed by atoms with van der Waals surface area (Å²) in [5.41, 5.74) is 5.40. The fraction of sp³-hybridized carbons (Fsp3) is 0.852. The van der Waals surface area contributed by atoms with E-state index in [-0.39, 0.29) is 0 Å². The van der Waals surface area contributed by atoms with Crippen molar-refractivity contribution in [3.63, 3.8) is 0 Å². The van der Waals surface area contributed by atoms with Crippen LogP contribution >= 0.6 is 0 Å². The minimum absolute atomic E-state index is 0.862. The third-order valence-electron chi connectivity index (χ3n) is 10.6. The molecule has 4 saturated carbocycles. The van der Waals surface area contributed by atoms with E-state index in [2.05, 4.69) is 46.0 Å². The Kier molecular flexibility index (Phi) is 5.01. The van der Waals surface area contributed by atoms with Gasteiger partial charge in [-0.05, 0) is 85.6 Å². The highest BCUT2D eigenvalue weighted by Gasteiger charge is 2.60. The van der Waals surface area contributed by atoms with Gasteiger partial charge in [0.1, 0.15) is 0 Å². The van der Waals surface area contributed by atoms with Gasteiger partial charge in [-0.3, -0.25) is 0 Å². The van der Waals surface area contributed by atoms with E-state index in [1.165, 1.54) is 32.1 Å². The molecule has 0 spiro atoms. The summed E-state index contributed by atoms with van der Waals surface area (Å²) >= 11 is 0. The Balaban J connectivity index is 1.51. The molecule has 0 aromatic heterocycles. The highest BCUT2D eigenvalue weighted by molar-refractivity contribution is 6.80. The van der Waals surface area contributed by atoms with Gasteiger partial charge in [0.05, 0.1) is 8.07 Å². The lowest BCUT2D eigenvalue weighted by atomic mass is 9.73. The molecule has 0 aromatic rings. The van der Waals surface area contributed by atoms with Crippen LogP contribution in [0, 0.1) is 41.4 Å². The third-order valence-corrected chi connectivity index (χ3v) is 15.8. The molecule has 0 amide bonds. The molecule has 4 fully saturated rings. The minimum atomic E-state index is -1.36. The van der Waals surface area contributed by atoms with Crippen molar-refractivity contribution in [3.05, 3.63) is 23.3 Å². The second-order valence-corrected chi connectivity index (χ2v) is 17.3. The molecule has 5 aliphatic rings. The number of hydrogen-bond acceptors (Lipinski definition) is 0. The molecule has 0 aliphatic heterocycles. The Hall–Kier alpha value is -0.303. The maximum atomic E-state index is 2.88. The summed E-state index contributed by atoms with van der Waals surface area (Å²) in [6.07, 6.45) is 19.2.